The maximum Gasteiger partial charge on any atom is 0.220 e. The maximum absolute atomic E-state index is 11.5. The Labute approximate surface area is 109 Å². The Morgan fingerprint density at radius 3 is 2.67 bits per heavy atom. The molecular formula is C15H22N2O. The van der Waals surface area contributed by atoms with Crippen LogP contribution in [0.2, 0.25) is 0 Å². The van der Waals surface area contributed by atoms with E-state index in [-0.39, 0.29) is 5.91 Å². The highest BCUT2D eigenvalue weighted by atomic mass is 16.1. The van der Waals surface area contributed by atoms with Crippen LogP contribution in [0.5, 0.6) is 0 Å². The molecule has 1 rings (SSSR count). The van der Waals surface area contributed by atoms with E-state index in [2.05, 4.69) is 10.2 Å². The SMILES string of the molecule is CN(C)CCCC(=O)NC/C=C/c1ccccc1. The molecule has 0 saturated heterocycles. The minimum atomic E-state index is 0.120. The van der Waals surface area contributed by atoms with Crippen LogP contribution in [0.4, 0.5) is 0 Å². The molecule has 0 unspecified atom stereocenters. The molecule has 0 aliphatic rings. The quantitative estimate of drug-likeness (QED) is 0.799. The molecular weight excluding hydrogens is 224 g/mol. The molecule has 1 aromatic carbocycles. The standard InChI is InChI=1S/C15H22N2O/c1-17(2)13-7-11-15(18)16-12-6-10-14-8-4-3-5-9-14/h3-6,8-10H,7,11-13H2,1-2H3,(H,16,18)/b10-6+. The molecule has 3 nitrogen and oxygen atoms in total. The van der Waals surface area contributed by atoms with Crippen LogP contribution in [0, 0.1) is 0 Å². The predicted molar refractivity (Wildman–Crippen MR) is 76.3 cm³/mol. The van der Waals surface area contributed by atoms with Crippen molar-refractivity contribution >= 4 is 12.0 Å². The third-order valence-corrected chi connectivity index (χ3v) is 2.54. The number of benzene rings is 1. The maximum atomic E-state index is 11.5. The highest BCUT2D eigenvalue weighted by Crippen LogP contribution is 2.00. The molecule has 0 radical (unpaired) electrons. The number of amides is 1. The molecule has 1 aromatic rings. The van der Waals surface area contributed by atoms with Gasteiger partial charge in [-0.2, -0.15) is 0 Å². The topological polar surface area (TPSA) is 32.3 Å². The van der Waals surface area contributed by atoms with Gasteiger partial charge in [0.25, 0.3) is 0 Å². The van der Waals surface area contributed by atoms with Crippen molar-refractivity contribution in [2.75, 3.05) is 27.2 Å². The van der Waals surface area contributed by atoms with Crippen molar-refractivity contribution in [3.05, 3.63) is 42.0 Å². The third-order valence-electron chi connectivity index (χ3n) is 2.54. The molecule has 0 atom stereocenters. The van der Waals surface area contributed by atoms with Crippen molar-refractivity contribution in [2.24, 2.45) is 0 Å². The van der Waals surface area contributed by atoms with Crippen LogP contribution in [-0.4, -0.2) is 38.0 Å². The van der Waals surface area contributed by atoms with Crippen LogP contribution in [0.3, 0.4) is 0 Å². The molecule has 98 valence electrons. The van der Waals surface area contributed by atoms with Crippen LogP contribution < -0.4 is 5.32 Å². The van der Waals surface area contributed by atoms with E-state index in [0.29, 0.717) is 13.0 Å². The molecule has 0 spiro atoms. The summed E-state index contributed by atoms with van der Waals surface area (Å²) in [5.41, 5.74) is 1.15. The second-order valence-electron chi connectivity index (χ2n) is 4.52. The number of nitrogens with zero attached hydrogens (tertiary/aromatic N) is 1. The summed E-state index contributed by atoms with van der Waals surface area (Å²) in [7, 11) is 4.03. The Kier molecular flexibility index (Phi) is 6.81. The minimum absolute atomic E-state index is 0.120. The second-order valence-corrected chi connectivity index (χ2v) is 4.52. The van der Waals surface area contributed by atoms with E-state index in [0.717, 1.165) is 18.5 Å². The lowest BCUT2D eigenvalue weighted by Crippen LogP contribution is -2.24. The smallest absolute Gasteiger partial charge is 0.220 e. The largest absolute Gasteiger partial charge is 0.353 e. The molecule has 0 saturated carbocycles. The van der Waals surface area contributed by atoms with Gasteiger partial charge in [0, 0.05) is 13.0 Å². The fourth-order valence-corrected chi connectivity index (χ4v) is 1.58. The van der Waals surface area contributed by atoms with Crippen LogP contribution in [0.1, 0.15) is 18.4 Å². The van der Waals surface area contributed by atoms with Crippen molar-refractivity contribution in [3.63, 3.8) is 0 Å². The second kappa shape index (κ2) is 8.48. The van der Waals surface area contributed by atoms with E-state index in [1.165, 1.54) is 0 Å². The Balaban J connectivity index is 2.14. The van der Waals surface area contributed by atoms with Gasteiger partial charge in [0.05, 0.1) is 0 Å². The molecule has 0 aliphatic carbocycles. The van der Waals surface area contributed by atoms with Gasteiger partial charge in [0.2, 0.25) is 5.91 Å². The first-order valence-corrected chi connectivity index (χ1v) is 6.31. The third kappa shape index (κ3) is 6.86. The average molecular weight is 246 g/mol. The van der Waals surface area contributed by atoms with E-state index in [4.69, 9.17) is 0 Å². The number of hydrogen-bond donors (Lipinski definition) is 1. The van der Waals surface area contributed by atoms with Crippen LogP contribution in [-0.2, 0) is 4.79 Å². The fourth-order valence-electron chi connectivity index (χ4n) is 1.58. The van der Waals surface area contributed by atoms with Crippen molar-refractivity contribution in [1.82, 2.24) is 10.2 Å². The lowest BCUT2D eigenvalue weighted by molar-refractivity contribution is -0.121. The average Bonchev–Trinajstić information content (AvgIpc) is 2.35. The molecule has 0 fully saturated rings. The molecule has 0 aromatic heterocycles. The zero-order valence-corrected chi connectivity index (χ0v) is 11.2. The summed E-state index contributed by atoms with van der Waals surface area (Å²) in [5.74, 6) is 0.120. The van der Waals surface area contributed by atoms with E-state index in [9.17, 15) is 4.79 Å². The van der Waals surface area contributed by atoms with E-state index in [1.807, 2.05) is 56.6 Å². The normalized spacial score (nSPS) is 11.1. The molecule has 0 bridgehead atoms. The van der Waals surface area contributed by atoms with Gasteiger partial charge in [-0.1, -0.05) is 42.5 Å². The van der Waals surface area contributed by atoms with Gasteiger partial charge < -0.3 is 10.2 Å². The summed E-state index contributed by atoms with van der Waals surface area (Å²) in [6, 6.07) is 10.1. The highest BCUT2D eigenvalue weighted by molar-refractivity contribution is 5.76. The lowest BCUT2D eigenvalue weighted by Gasteiger charge is -2.08. The summed E-state index contributed by atoms with van der Waals surface area (Å²) < 4.78 is 0. The number of carbonyl (C=O) groups excluding carboxylic acids is 1. The van der Waals surface area contributed by atoms with Crippen LogP contribution >= 0.6 is 0 Å². The number of nitrogens with one attached hydrogen (secondary N) is 1. The van der Waals surface area contributed by atoms with Crippen molar-refractivity contribution in [2.45, 2.75) is 12.8 Å². The molecule has 1 amide bonds. The first-order valence-electron chi connectivity index (χ1n) is 6.31. The van der Waals surface area contributed by atoms with Crippen molar-refractivity contribution < 1.29 is 4.79 Å². The van der Waals surface area contributed by atoms with E-state index in [1.54, 1.807) is 0 Å². The van der Waals surface area contributed by atoms with Crippen LogP contribution in [0.15, 0.2) is 36.4 Å². The van der Waals surface area contributed by atoms with Gasteiger partial charge in [-0.25, -0.2) is 0 Å². The Morgan fingerprint density at radius 2 is 2.00 bits per heavy atom. The Morgan fingerprint density at radius 1 is 1.28 bits per heavy atom. The lowest BCUT2D eigenvalue weighted by atomic mass is 10.2. The molecule has 3 heteroatoms. The van der Waals surface area contributed by atoms with Crippen LogP contribution in [0.25, 0.3) is 6.08 Å². The summed E-state index contributed by atoms with van der Waals surface area (Å²) >= 11 is 0. The molecule has 18 heavy (non-hydrogen) atoms. The highest BCUT2D eigenvalue weighted by Gasteiger charge is 1.99. The number of rotatable bonds is 7. The Hall–Kier alpha value is -1.61. The fraction of sp³-hybridized carbons (Fsp3) is 0.400. The molecule has 0 heterocycles. The molecule has 0 aliphatic heterocycles. The van der Waals surface area contributed by atoms with E-state index < -0.39 is 0 Å². The summed E-state index contributed by atoms with van der Waals surface area (Å²) in [6.45, 7) is 1.54. The monoisotopic (exact) mass is 246 g/mol. The number of carbonyl (C=O) groups is 1. The zero-order valence-electron chi connectivity index (χ0n) is 11.2. The first-order chi connectivity index (χ1) is 8.68. The van der Waals surface area contributed by atoms with Gasteiger partial charge in [-0.05, 0) is 32.6 Å². The van der Waals surface area contributed by atoms with Gasteiger partial charge >= 0.3 is 0 Å². The van der Waals surface area contributed by atoms with E-state index >= 15 is 0 Å². The zero-order chi connectivity index (χ0) is 13.2. The van der Waals surface area contributed by atoms with Crippen molar-refractivity contribution in [1.29, 1.82) is 0 Å². The van der Waals surface area contributed by atoms with Gasteiger partial charge in [-0.3, -0.25) is 4.79 Å². The first kappa shape index (κ1) is 14.5. The summed E-state index contributed by atoms with van der Waals surface area (Å²) in [5, 5.41) is 2.88. The van der Waals surface area contributed by atoms with Gasteiger partial charge in [0.1, 0.15) is 0 Å². The van der Waals surface area contributed by atoms with Crippen molar-refractivity contribution in [3.8, 4) is 0 Å². The summed E-state index contributed by atoms with van der Waals surface area (Å²) in [6.07, 6.45) is 5.48. The number of hydrogen-bond acceptors (Lipinski definition) is 2. The van der Waals surface area contributed by atoms with Gasteiger partial charge in [0.15, 0.2) is 0 Å². The predicted octanol–water partition coefficient (Wildman–Crippen LogP) is 2.16. The minimum Gasteiger partial charge on any atom is -0.353 e. The van der Waals surface area contributed by atoms with Gasteiger partial charge in [-0.15, -0.1) is 0 Å². The molecule has 1 N–H and O–H groups in total. The summed E-state index contributed by atoms with van der Waals surface area (Å²) in [4.78, 5) is 13.6. The Bertz CT molecular complexity index is 371.